The molecule has 8 heteroatoms. The van der Waals surface area contributed by atoms with Gasteiger partial charge in [0.25, 0.3) is 5.91 Å². The zero-order chi connectivity index (χ0) is 16.1. The Balaban J connectivity index is 1.80. The van der Waals surface area contributed by atoms with Crippen LogP contribution < -0.4 is 15.5 Å². The maximum atomic E-state index is 13.4. The number of rotatable bonds is 5. The molecule has 2 amide bonds. The van der Waals surface area contributed by atoms with Crippen molar-refractivity contribution in [1.82, 2.24) is 5.32 Å². The molecule has 1 aliphatic heterocycles. The molecule has 0 saturated carbocycles. The van der Waals surface area contributed by atoms with Crippen molar-refractivity contribution in [2.75, 3.05) is 31.5 Å². The van der Waals surface area contributed by atoms with Gasteiger partial charge in [0.1, 0.15) is 0 Å². The third-order valence-electron chi connectivity index (χ3n) is 3.48. The van der Waals surface area contributed by atoms with Crippen LogP contribution in [0.3, 0.4) is 0 Å². The Morgan fingerprint density at radius 1 is 1.05 bits per heavy atom. The fourth-order valence-corrected chi connectivity index (χ4v) is 2.34. The number of quaternary nitrogens is 1. The van der Waals surface area contributed by atoms with Gasteiger partial charge in [-0.25, -0.2) is 13.2 Å². The van der Waals surface area contributed by atoms with Crippen LogP contribution in [0.2, 0.25) is 0 Å². The lowest BCUT2D eigenvalue weighted by Crippen LogP contribution is -3.11. The van der Waals surface area contributed by atoms with Crippen LogP contribution >= 0.6 is 0 Å². The molecular formula is C14H17F3N3O2+. The van der Waals surface area contributed by atoms with E-state index < -0.39 is 29.0 Å². The van der Waals surface area contributed by atoms with E-state index in [1.165, 1.54) is 0 Å². The fraction of sp³-hybridized carbons (Fsp3) is 0.429. The Bertz CT molecular complexity index is 575. The highest BCUT2D eigenvalue weighted by Gasteiger charge is 2.19. The molecule has 1 aromatic carbocycles. The van der Waals surface area contributed by atoms with E-state index in [1.54, 1.807) is 0 Å². The van der Waals surface area contributed by atoms with Gasteiger partial charge in [0.2, 0.25) is 5.91 Å². The van der Waals surface area contributed by atoms with Crippen LogP contribution in [0.15, 0.2) is 12.1 Å². The first-order valence-corrected chi connectivity index (χ1v) is 7.01. The predicted octanol–water partition coefficient (Wildman–Crippen LogP) is -0.163. The molecule has 0 aliphatic carbocycles. The lowest BCUT2D eigenvalue weighted by molar-refractivity contribution is -0.879. The second kappa shape index (κ2) is 7.26. The van der Waals surface area contributed by atoms with Crippen LogP contribution in [0.25, 0.3) is 0 Å². The van der Waals surface area contributed by atoms with Crippen LogP contribution in [0, 0.1) is 17.5 Å². The van der Waals surface area contributed by atoms with Gasteiger partial charge in [-0.05, 0) is 12.1 Å². The molecule has 0 radical (unpaired) electrons. The molecule has 0 bridgehead atoms. The van der Waals surface area contributed by atoms with Crippen LogP contribution in [-0.4, -0.2) is 38.0 Å². The topological polar surface area (TPSA) is 62.6 Å². The number of hydrogen-bond acceptors (Lipinski definition) is 2. The minimum absolute atomic E-state index is 0.280. The molecule has 0 unspecified atom stereocenters. The van der Waals surface area contributed by atoms with Gasteiger partial charge in [-0.1, -0.05) is 0 Å². The number of nitrogens with one attached hydrogen (secondary N) is 3. The first-order chi connectivity index (χ1) is 10.5. The summed E-state index contributed by atoms with van der Waals surface area (Å²) in [5, 5.41) is 4.50. The highest BCUT2D eigenvalue weighted by atomic mass is 19.2. The van der Waals surface area contributed by atoms with E-state index in [0.717, 1.165) is 36.9 Å². The van der Waals surface area contributed by atoms with E-state index in [1.807, 2.05) is 0 Å². The van der Waals surface area contributed by atoms with Crippen LogP contribution in [0.1, 0.15) is 12.8 Å². The minimum atomic E-state index is -1.65. The molecule has 1 saturated heterocycles. The Kier molecular flexibility index (Phi) is 5.37. The number of hydrogen-bond donors (Lipinski definition) is 3. The van der Waals surface area contributed by atoms with E-state index in [-0.39, 0.29) is 19.0 Å². The first-order valence-electron chi connectivity index (χ1n) is 7.01. The Morgan fingerprint density at radius 2 is 1.73 bits per heavy atom. The number of carbonyl (C=O) groups excluding carboxylic acids is 2. The van der Waals surface area contributed by atoms with Crippen LogP contribution in [0.4, 0.5) is 18.9 Å². The number of benzene rings is 1. The summed E-state index contributed by atoms with van der Waals surface area (Å²) in [5.41, 5.74) is -0.469. The second-order valence-electron chi connectivity index (χ2n) is 5.18. The highest BCUT2D eigenvalue weighted by Crippen LogP contribution is 2.19. The summed E-state index contributed by atoms with van der Waals surface area (Å²) >= 11 is 0. The maximum Gasteiger partial charge on any atom is 0.275 e. The number of carbonyl (C=O) groups is 2. The van der Waals surface area contributed by atoms with Gasteiger partial charge in [0.05, 0.1) is 25.3 Å². The summed E-state index contributed by atoms with van der Waals surface area (Å²) in [7, 11) is 0. The van der Waals surface area contributed by atoms with Crippen LogP contribution in [-0.2, 0) is 9.59 Å². The standard InChI is InChI=1S/C14H16F3N3O2/c15-9-3-4-10(14(17)13(9)16)19-11(21)7-18-12(22)8-20-5-1-2-6-20/h3-4H,1-2,5-8H2,(H,18,22)(H,19,21)/p+1. The van der Waals surface area contributed by atoms with Crippen LogP contribution in [0.5, 0.6) is 0 Å². The van der Waals surface area contributed by atoms with Gasteiger partial charge in [0, 0.05) is 12.8 Å². The Labute approximate surface area is 125 Å². The quantitative estimate of drug-likeness (QED) is 0.661. The number of anilines is 1. The van der Waals surface area contributed by atoms with Gasteiger partial charge in [-0.15, -0.1) is 0 Å². The molecule has 1 fully saturated rings. The van der Waals surface area contributed by atoms with E-state index in [4.69, 9.17) is 0 Å². The molecule has 120 valence electrons. The van der Waals surface area contributed by atoms with Crippen molar-refractivity contribution in [2.45, 2.75) is 12.8 Å². The normalized spacial score (nSPS) is 14.9. The van der Waals surface area contributed by atoms with Crippen molar-refractivity contribution < 1.29 is 27.7 Å². The smallest absolute Gasteiger partial charge is 0.275 e. The summed E-state index contributed by atoms with van der Waals surface area (Å²) < 4.78 is 39.1. The zero-order valence-corrected chi connectivity index (χ0v) is 11.8. The lowest BCUT2D eigenvalue weighted by atomic mass is 10.2. The van der Waals surface area contributed by atoms with Crippen molar-refractivity contribution in [3.05, 3.63) is 29.6 Å². The molecule has 0 aromatic heterocycles. The molecule has 1 aromatic rings. The Hall–Kier alpha value is -2.09. The molecule has 3 N–H and O–H groups in total. The van der Waals surface area contributed by atoms with Crippen molar-refractivity contribution >= 4 is 17.5 Å². The SMILES string of the molecule is O=C(C[NH+]1CCCC1)NCC(=O)Nc1ccc(F)c(F)c1F. The molecule has 0 spiro atoms. The molecule has 2 rings (SSSR count). The summed E-state index contributed by atoms with van der Waals surface area (Å²) in [6.45, 7) is 1.79. The number of likely N-dealkylation sites (tertiary alicyclic amines) is 1. The largest absolute Gasteiger partial charge is 0.342 e. The molecule has 0 atom stereocenters. The third-order valence-corrected chi connectivity index (χ3v) is 3.48. The maximum absolute atomic E-state index is 13.4. The van der Waals surface area contributed by atoms with Crippen molar-refractivity contribution in [2.24, 2.45) is 0 Å². The van der Waals surface area contributed by atoms with Gasteiger partial charge >= 0.3 is 0 Å². The second-order valence-corrected chi connectivity index (χ2v) is 5.18. The summed E-state index contributed by atoms with van der Waals surface area (Å²) in [5.74, 6) is -5.45. The van der Waals surface area contributed by atoms with E-state index in [0.29, 0.717) is 6.07 Å². The first kappa shape index (κ1) is 16.3. The Morgan fingerprint density at radius 3 is 2.41 bits per heavy atom. The lowest BCUT2D eigenvalue weighted by Gasteiger charge is -2.12. The minimum Gasteiger partial charge on any atom is -0.342 e. The third kappa shape index (κ3) is 4.20. The van der Waals surface area contributed by atoms with Crippen molar-refractivity contribution in [3.63, 3.8) is 0 Å². The molecule has 5 nitrogen and oxygen atoms in total. The van der Waals surface area contributed by atoms with E-state index >= 15 is 0 Å². The van der Waals surface area contributed by atoms with E-state index in [9.17, 15) is 22.8 Å². The molecule has 22 heavy (non-hydrogen) atoms. The molecule has 1 heterocycles. The molecule has 1 aliphatic rings. The predicted molar refractivity (Wildman–Crippen MR) is 72.8 cm³/mol. The summed E-state index contributed by atoms with van der Waals surface area (Å²) in [6.07, 6.45) is 2.16. The fourth-order valence-electron chi connectivity index (χ4n) is 2.34. The average Bonchev–Trinajstić information content (AvgIpc) is 2.99. The molecular weight excluding hydrogens is 299 g/mol. The average molecular weight is 316 g/mol. The highest BCUT2D eigenvalue weighted by molar-refractivity contribution is 5.94. The summed E-state index contributed by atoms with van der Waals surface area (Å²) in [6, 6.07) is 1.63. The number of halogens is 3. The van der Waals surface area contributed by atoms with E-state index in [2.05, 4.69) is 10.6 Å². The van der Waals surface area contributed by atoms with Gasteiger partial charge in [-0.3, -0.25) is 9.59 Å². The van der Waals surface area contributed by atoms with Gasteiger partial charge in [-0.2, -0.15) is 0 Å². The monoisotopic (exact) mass is 316 g/mol. The number of amides is 2. The van der Waals surface area contributed by atoms with Crippen molar-refractivity contribution in [1.29, 1.82) is 0 Å². The van der Waals surface area contributed by atoms with Gasteiger partial charge < -0.3 is 15.5 Å². The van der Waals surface area contributed by atoms with Gasteiger partial charge in [0.15, 0.2) is 24.0 Å². The zero-order valence-electron chi connectivity index (χ0n) is 11.8. The summed E-state index contributed by atoms with van der Waals surface area (Å²) in [4.78, 5) is 24.4. The van der Waals surface area contributed by atoms with Crippen molar-refractivity contribution in [3.8, 4) is 0 Å².